The summed E-state index contributed by atoms with van der Waals surface area (Å²) in [6.45, 7) is 11.7. The summed E-state index contributed by atoms with van der Waals surface area (Å²) in [5.41, 5.74) is 6.54. The monoisotopic (exact) mass is 274 g/mol. The first kappa shape index (κ1) is 15.0. The van der Waals surface area contributed by atoms with E-state index in [1.54, 1.807) is 0 Å². The van der Waals surface area contributed by atoms with Gasteiger partial charge in [0.25, 0.3) is 0 Å². The molecule has 1 N–H and O–H groups in total. The predicted octanol–water partition coefficient (Wildman–Crippen LogP) is 3.67. The average Bonchev–Trinajstić information content (AvgIpc) is 2.42. The summed E-state index contributed by atoms with van der Waals surface area (Å²) >= 11 is 0. The minimum Gasteiger partial charge on any atom is -0.411 e. The van der Waals surface area contributed by atoms with Crippen LogP contribution < -0.4 is 0 Å². The number of benzene rings is 1. The first-order valence-electron chi connectivity index (χ1n) is 7.55. The summed E-state index contributed by atoms with van der Waals surface area (Å²) in [6.07, 6.45) is 1.93. The Balaban J connectivity index is 2.12. The summed E-state index contributed by atoms with van der Waals surface area (Å²) in [4.78, 5) is 2.49. The third kappa shape index (κ3) is 3.21. The highest BCUT2D eigenvalue weighted by atomic mass is 16.4. The normalized spacial score (nSPS) is 22.4. The van der Waals surface area contributed by atoms with Crippen molar-refractivity contribution in [2.75, 3.05) is 13.1 Å². The van der Waals surface area contributed by atoms with Crippen LogP contribution in [0.1, 0.15) is 42.0 Å². The van der Waals surface area contributed by atoms with Gasteiger partial charge in [-0.15, -0.1) is 0 Å². The van der Waals surface area contributed by atoms with Gasteiger partial charge < -0.3 is 5.21 Å². The van der Waals surface area contributed by atoms with E-state index in [2.05, 4.69) is 49.9 Å². The van der Waals surface area contributed by atoms with Crippen LogP contribution in [0.25, 0.3) is 0 Å². The number of aryl methyl sites for hydroxylation is 3. The molecule has 0 radical (unpaired) electrons. The molecule has 0 aromatic heterocycles. The lowest BCUT2D eigenvalue weighted by molar-refractivity contribution is 0.219. The maximum Gasteiger partial charge on any atom is 0.0627 e. The van der Waals surface area contributed by atoms with Crippen LogP contribution in [0.2, 0.25) is 0 Å². The molecule has 2 rings (SSSR count). The Labute approximate surface area is 122 Å². The molecule has 0 saturated carbocycles. The summed E-state index contributed by atoms with van der Waals surface area (Å²) in [5.74, 6) is 0.403. The zero-order valence-corrected chi connectivity index (χ0v) is 13.1. The number of hydrogen-bond donors (Lipinski definition) is 1. The van der Waals surface area contributed by atoms with Crippen molar-refractivity contribution in [3.8, 4) is 0 Å². The molecular weight excluding hydrogens is 248 g/mol. The Bertz CT molecular complexity index is 485. The van der Waals surface area contributed by atoms with Crippen molar-refractivity contribution in [3.05, 3.63) is 34.4 Å². The number of oxime groups is 1. The zero-order chi connectivity index (χ0) is 14.7. The minimum atomic E-state index is 0.403. The molecule has 1 fully saturated rings. The fourth-order valence-electron chi connectivity index (χ4n) is 3.31. The third-order valence-corrected chi connectivity index (χ3v) is 4.48. The standard InChI is InChI=1S/C17H26N2O/c1-5-15-10-19(7-6-17(15)18-20)11-16-13(3)8-12(2)9-14(16)4/h8-9,15,20H,5-7,10-11H2,1-4H3. The first-order chi connectivity index (χ1) is 9.55. The molecule has 1 atom stereocenters. The second-order valence-electron chi connectivity index (χ2n) is 6.06. The molecule has 1 aromatic carbocycles. The molecule has 110 valence electrons. The van der Waals surface area contributed by atoms with Crippen molar-refractivity contribution < 1.29 is 5.21 Å². The summed E-state index contributed by atoms with van der Waals surface area (Å²) in [7, 11) is 0. The molecule has 20 heavy (non-hydrogen) atoms. The van der Waals surface area contributed by atoms with Gasteiger partial charge in [0.05, 0.1) is 5.71 Å². The van der Waals surface area contributed by atoms with Crippen LogP contribution in [0.3, 0.4) is 0 Å². The molecule has 0 spiro atoms. The molecule has 0 amide bonds. The number of nitrogens with zero attached hydrogens (tertiary/aromatic N) is 2. The van der Waals surface area contributed by atoms with Gasteiger partial charge in [-0.1, -0.05) is 29.8 Å². The third-order valence-electron chi connectivity index (χ3n) is 4.48. The Hall–Kier alpha value is -1.35. The van der Waals surface area contributed by atoms with Crippen LogP contribution in [0.4, 0.5) is 0 Å². The molecule has 1 aliphatic heterocycles. The quantitative estimate of drug-likeness (QED) is 0.674. The van der Waals surface area contributed by atoms with Crippen LogP contribution in [-0.2, 0) is 6.54 Å². The first-order valence-corrected chi connectivity index (χ1v) is 7.55. The van der Waals surface area contributed by atoms with Crippen LogP contribution in [0.5, 0.6) is 0 Å². The second-order valence-corrected chi connectivity index (χ2v) is 6.06. The molecule has 0 aliphatic carbocycles. The van der Waals surface area contributed by atoms with Gasteiger partial charge >= 0.3 is 0 Å². The van der Waals surface area contributed by atoms with Crippen LogP contribution in [0, 0.1) is 26.7 Å². The van der Waals surface area contributed by atoms with E-state index < -0.39 is 0 Å². The van der Waals surface area contributed by atoms with Crippen molar-refractivity contribution in [1.29, 1.82) is 0 Å². The van der Waals surface area contributed by atoms with E-state index in [0.717, 1.165) is 38.2 Å². The summed E-state index contributed by atoms with van der Waals surface area (Å²) < 4.78 is 0. The highest BCUT2D eigenvalue weighted by Crippen LogP contribution is 2.23. The van der Waals surface area contributed by atoms with E-state index in [1.165, 1.54) is 22.3 Å². The SMILES string of the molecule is CCC1CN(Cc2c(C)cc(C)cc2C)CCC1=NO. The van der Waals surface area contributed by atoms with Gasteiger partial charge in [-0.05, 0) is 43.9 Å². The van der Waals surface area contributed by atoms with Crippen molar-refractivity contribution in [2.45, 2.75) is 47.1 Å². The highest BCUT2D eigenvalue weighted by molar-refractivity contribution is 5.87. The van der Waals surface area contributed by atoms with E-state index in [-0.39, 0.29) is 0 Å². The summed E-state index contributed by atoms with van der Waals surface area (Å²) in [5, 5.41) is 12.5. The van der Waals surface area contributed by atoms with Crippen LogP contribution in [-0.4, -0.2) is 28.9 Å². The molecule has 1 heterocycles. The second kappa shape index (κ2) is 6.40. The molecule has 3 nitrogen and oxygen atoms in total. The highest BCUT2D eigenvalue weighted by Gasteiger charge is 2.25. The molecule has 1 unspecified atom stereocenters. The predicted molar refractivity (Wildman–Crippen MR) is 83.5 cm³/mol. The number of likely N-dealkylation sites (tertiary alicyclic amines) is 1. The molecule has 3 heteroatoms. The molecule has 1 aromatic rings. The fraction of sp³-hybridized carbons (Fsp3) is 0.588. The van der Waals surface area contributed by atoms with Gasteiger partial charge in [0.15, 0.2) is 0 Å². The van der Waals surface area contributed by atoms with Crippen molar-refractivity contribution in [1.82, 2.24) is 4.90 Å². The molecule has 1 saturated heterocycles. The van der Waals surface area contributed by atoms with Gasteiger partial charge in [0.1, 0.15) is 0 Å². The van der Waals surface area contributed by atoms with Gasteiger partial charge in [-0.3, -0.25) is 4.90 Å². The fourth-order valence-corrected chi connectivity index (χ4v) is 3.31. The lowest BCUT2D eigenvalue weighted by Crippen LogP contribution is -2.40. The van der Waals surface area contributed by atoms with Crippen LogP contribution >= 0.6 is 0 Å². The zero-order valence-electron chi connectivity index (χ0n) is 13.1. The van der Waals surface area contributed by atoms with Gasteiger partial charge in [-0.25, -0.2) is 0 Å². The van der Waals surface area contributed by atoms with Crippen molar-refractivity contribution in [2.24, 2.45) is 11.1 Å². The Morgan fingerprint density at radius 3 is 2.45 bits per heavy atom. The lowest BCUT2D eigenvalue weighted by Gasteiger charge is -2.33. The number of hydrogen-bond acceptors (Lipinski definition) is 3. The molecular formula is C17H26N2O. The van der Waals surface area contributed by atoms with Gasteiger partial charge in [0, 0.05) is 32.0 Å². The van der Waals surface area contributed by atoms with Crippen LogP contribution in [0.15, 0.2) is 17.3 Å². The topological polar surface area (TPSA) is 35.8 Å². The van der Waals surface area contributed by atoms with Gasteiger partial charge in [0.2, 0.25) is 0 Å². The van der Waals surface area contributed by atoms with Gasteiger partial charge in [-0.2, -0.15) is 0 Å². The smallest absolute Gasteiger partial charge is 0.0627 e. The number of rotatable bonds is 3. The minimum absolute atomic E-state index is 0.403. The van der Waals surface area contributed by atoms with E-state index in [0.29, 0.717) is 5.92 Å². The number of piperidine rings is 1. The van der Waals surface area contributed by atoms with E-state index in [9.17, 15) is 0 Å². The lowest BCUT2D eigenvalue weighted by atomic mass is 9.92. The Morgan fingerprint density at radius 1 is 1.25 bits per heavy atom. The summed E-state index contributed by atoms with van der Waals surface area (Å²) in [6, 6.07) is 4.54. The Kier molecular flexibility index (Phi) is 4.81. The molecule has 1 aliphatic rings. The van der Waals surface area contributed by atoms with Crippen molar-refractivity contribution in [3.63, 3.8) is 0 Å². The van der Waals surface area contributed by atoms with Crippen molar-refractivity contribution >= 4 is 5.71 Å². The van der Waals surface area contributed by atoms with E-state index in [4.69, 9.17) is 5.21 Å². The van der Waals surface area contributed by atoms with E-state index >= 15 is 0 Å². The maximum absolute atomic E-state index is 9.06. The largest absolute Gasteiger partial charge is 0.411 e. The van der Waals surface area contributed by atoms with E-state index in [1.807, 2.05) is 0 Å². The molecule has 0 bridgehead atoms. The average molecular weight is 274 g/mol. The maximum atomic E-state index is 9.06. The Morgan fingerprint density at radius 2 is 1.90 bits per heavy atom.